The van der Waals surface area contributed by atoms with Crippen LogP contribution in [0.25, 0.3) is 0 Å². The third kappa shape index (κ3) is 4.81. The van der Waals surface area contributed by atoms with Gasteiger partial charge in [-0.3, -0.25) is 4.79 Å². The molecule has 124 valence electrons. The van der Waals surface area contributed by atoms with Crippen LogP contribution in [0.4, 0.5) is 0 Å². The van der Waals surface area contributed by atoms with Crippen molar-refractivity contribution in [1.82, 2.24) is 14.5 Å². The predicted molar refractivity (Wildman–Crippen MR) is 85.1 cm³/mol. The fourth-order valence-electron chi connectivity index (χ4n) is 2.89. The van der Waals surface area contributed by atoms with Crippen LogP contribution in [0, 0.1) is 0 Å². The van der Waals surface area contributed by atoms with E-state index < -0.39 is 10.0 Å². The smallest absolute Gasteiger partial charge is 0.236 e. The van der Waals surface area contributed by atoms with E-state index in [1.54, 1.807) is 4.31 Å². The normalized spacial score (nSPS) is 24.7. The van der Waals surface area contributed by atoms with Crippen LogP contribution in [0.5, 0.6) is 0 Å². The summed E-state index contributed by atoms with van der Waals surface area (Å²) in [5.74, 6) is 0.320. The number of unbranched alkanes of at least 4 members (excludes halogenated alkanes) is 1. The minimum absolute atomic E-state index is 0. The highest BCUT2D eigenvalue weighted by Gasteiger charge is 2.33. The summed E-state index contributed by atoms with van der Waals surface area (Å²) < 4.78 is 26.1. The molecule has 1 unspecified atom stereocenters. The van der Waals surface area contributed by atoms with E-state index in [-0.39, 0.29) is 30.1 Å². The van der Waals surface area contributed by atoms with Crippen LogP contribution < -0.4 is 5.32 Å². The van der Waals surface area contributed by atoms with Crippen molar-refractivity contribution in [2.45, 2.75) is 38.6 Å². The second-order valence-corrected chi connectivity index (χ2v) is 7.68. The van der Waals surface area contributed by atoms with Crippen LogP contribution in [0.2, 0.25) is 0 Å². The first kappa shape index (κ1) is 18.7. The summed E-state index contributed by atoms with van der Waals surface area (Å²) >= 11 is 0. The first-order valence-corrected chi connectivity index (χ1v) is 9.13. The topological polar surface area (TPSA) is 69.7 Å². The van der Waals surface area contributed by atoms with E-state index in [0.717, 1.165) is 25.8 Å². The largest absolute Gasteiger partial charge is 0.336 e. The number of sulfonamides is 1. The van der Waals surface area contributed by atoms with Crippen LogP contribution in [0.1, 0.15) is 32.6 Å². The maximum Gasteiger partial charge on any atom is 0.236 e. The fourth-order valence-corrected chi connectivity index (χ4v) is 4.61. The molecule has 1 atom stereocenters. The number of halogens is 1. The Morgan fingerprint density at radius 2 is 2.10 bits per heavy atom. The van der Waals surface area contributed by atoms with Crippen molar-refractivity contribution in [3.8, 4) is 0 Å². The van der Waals surface area contributed by atoms with Gasteiger partial charge in [0.25, 0.3) is 0 Å². The maximum absolute atomic E-state index is 12.3. The molecule has 0 radical (unpaired) electrons. The number of piperidine rings is 1. The van der Waals surface area contributed by atoms with E-state index in [1.165, 1.54) is 0 Å². The van der Waals surface area contributed by atoms with Crippen molar-refractivity contribution < 1.29 is 13.2 Å². The molecule has 6 nitrogen and oxygen atoms in total. The maximum atomic E-state index is 12.3. The lowest BCUT2D eigenvalue weighted by Gasteiger charge is -2.40. The third-order valence-corrected chi connectivity index (χ3v) is 6.00. The number of hydrogen-bond donors (Lipinski definition) is 1. The Labute approximate surface area is 133 Å². The molecule has 2 aliphatic heterocycles. The van der Waals surface area contributed by atoms with Crippen molar-refractivity contribution >= 4 is 28.3 Å². The van der Waals surface area contributed by atoms with Crippen LogP contribution in [0.3, 0.4) is 0 Å². The quantitative estimate of drug-likeness (QED) is 0.789. The molecule has 0 aliphatic carbocycles. The number of hydrogen-bond acceptors (Lipinski definition) is 4. The number of amides is 1. The SMILES string of the molecule is CCCCS(=O)(=O)N1CCCC(N2CCNCC2=O)C1.Cl. The minimum Gasteiger partial charge on any atom is -0.336 e. The highest BCUT2D eigenvalue weighted by atomic mass is 35.5. The predicted octanol–water partition coefficient (Wildman–Crippen LogP) is 0.434. The van der Waals surface area contributed by atoms with E-state index in [1.807, 2.05) is 11.8 Å². The first-order chi connectivity index (χ1) is 9.54. The van der Waals surface area contributed by atoms with Gasteiger partial charge in [-0.05, 0) is 19.3 Å². The lowest BCUT2D eigenvalue weighted by molar-refractivity contribution is -0.135. The molecule has 1 amide bonds. The average molecular weight is 340 g/mol. The van der Waals surface area contributed by atoms with Crippen molar-refractivity contribution in [3.05, 3.63) is 0 Å². The summed E-state index contributed by atoms with van der Waals surface area (Å²) in [7, 11) is -3.15. The molecule has 2 fully saturated rings. The zero-order chi connectivity index (χ0) is 14.6. The number of piperazine rings is 1. The molecule has 2 heterocycles. The molecule has 0 bridgehead atoms. The van der Waals surface area contributed by atoms with Crippen molar-refractivity contribution in [2.75, 3.05) is 38.5 Å². The van der Waals surface area contributed by atoms with Crippen molar-refractivity contribution in [1.29, 1.82) is 0 Å². The van der Waals surface area contributed by atoms with E-state index in [4.69, 9.17) is 0 Å². The number of carbonyl (C=O) groups excluding carboxylic acids is 1. The molecule has 0 aromatic carbocycles. The van der Waals surface area contributed by atoms with Gasteiger partial charge in [0.1, 0.15) is 0 Å². The number of nitrogens with one attached hydrogen (secondary N) is 1. The van der Waals surface area contributed by atoms with Gasteiger partial charge in [0.15, 0.2) is 0 Å². The fraction of sp³-hybridized carbons (Fsp3) is 0.923. The summed E-state index contributed by atoms with van der Waals surface area (Å²) in [5, 5.41) is 3.05. The second kappa shape index (κ2) is 8.31. The van der Waals surface area contributed by atoms with Gasteiger partial charge >= 0.3 is 0 Å². The second-order valence-electron chi connectivity index (χ2n) is 5.59. The zero-order valence-corrected chi connectivity index (χ0v) is 14.2. The molecular formula is C13H26ClN3O3S. The van der Waals surface area contributed by atoms with Crippen LogP contribution in [-0.2, 0) is 14.8 Å². The monoisotopic (exact) mass is 339 g/mol. The van der Waals surface area contributed by atoms with Gasteiger partial charge in [0.05, 0.1) is 12.3 Å². The summed E-state index contributed by atoms with van der Waals surface area (Å²) in [5.41, 5.74) is 0. The Balaban J connectivity index is 0.00000220. The summed E-state index contributed by atoms with van der Waals surface area (Å²) in [6.07, 6.45) is 3.33. The Morgan fingerprint density at radius 1 is 1.33 bits per heavy atom. The lowest BCUT2D eigenvalue weighted by Crippen LogP contribution is -2.57. The highest BCUT2D eigenvalue weighted by molar-refractivity contribution is 7.89. The van der Waals surface area contributed by atoms with Crippen LogP contribution >= 0.6 is 12.4 Å². The molecule has 2 saturated heterocycles. The summed E-state index contributed by atoms with van der Waals surface area (Å²) in [4.78, 5) is 13.8. The van der Waals surface area contributed by atoms with E-state index >= 15 is 0 Å². The Bertz CT molecular complexity index is 444. The standard InChI is InChI=1S/C13H25N3O3S.ClH/c1-2-3-9-20(18,19)15-7-4-5-12(11-15)16-8-6-14-10-13(16)17;/h12,14H,2-11H2,1H3;1H. The van der Waals surface area contributed by atoms with Crippen LogP contribution in [-0.4, -0.2) is 68.0 Å². The summed E-state index contributed by atoms with van der Waals surface area (Å²) in [6.45, 7) is 4.92. The van der Waals surface area contributed by atoms with Crippen molar-refractivity contribution in [2.24, 2.45) is 0 Å². The third-order valence-electron chi connectivity index (χ3n) is 4.08. The number of nitrogens with zero attached hydrogens (tertiary/aromatic N) is 2. The zero-order valence-electron chi connectivity index (χ0n) is 12.6. The van der Waals surface area contributed by atoms with Gasteiger partial charge in [0, 0.05) is 32.2 Å². The summed E-state index contributed by atoms with van der Waals surface area (Å²) in [6, 6.07) is 0.0507. The molecule has 0 aromatic heterocycles. The molecule has 1 N–H and O–H groups in total. The van der Waals surface area contributed by atoms with E-state index in [2.05, 4.69) is 5.32 Å². The van der Waals surface area contributed by atoms with E-state index in [9.17, 15) is 13.2 Å². The van der Waals surface area contributed by atoms with Gasteiger partial charge in [-0.2, -0.15) is 4.31 Å². The number of carbonyl (C=O) groups is 1. The van der Waals surface area contributed by atoms with E-state index in [0.29, 0.717) is 32.6 Å². The van der Waals surface area contributed by atoms with Crippen LogP contribution in [0.15, 0.2) is 0 Å². The molecule has 8 heteroatoms. The average Bonchev–Trinajstić information content (AvgIpc) is 2.46. The molecule has 21 heavy (non-hydrogen) atoms. The first-order valence-electron chi connectivity index (χ1n) is 7.52. The van der Waals surface area contributed by atoms with Gasteiger partial charge in [-0.15, -0.1) is 12.4 Å². The van der Waals surface area contributed by atoms with Gasteiger partial charge < -0.3 is 10.2 Å². The molecular weight excluding hydrogens is 314 g/mol. The molecule has 0 saturated carbocycles. The number of rotatable bonds is 5. The van der Waals surface area contributed by atoms with Crippen molar-refractivity contribution in [3.63, 3.8) is 0 Å². The Hall–Kier alpha value is -0.370. The van der Waals surface area contributed by atoms with Gasteiger partial charge in [-0.1, -0.05) is 13.3 Å². The molecule has 2 aliphatic rings. The highest BCUT2D eigenvalue weighted by Crippen LogP contribution is 2.20. The molecule has 2 rings (SSSR count). The Kier molecular flexibility index (Phi) is 7.39. The molecule has 0 aromatic rings. The van der Waals surface area contributed by atoms with Gasteiger partial charge in [0.2, 0.25) is 15.9 Å². The lowest BCUT2D eigenvalue weighted by atomic mass is 10.1. The van der Waals surface area contributed by atoms with Gasteiger partial charge in [-0.25, -0.2) is 8.42 Å². The Morgan fingerprint density at radius 3 is 2.76 bits per heavy atom. The minimum atomic E-state index is -3.15. The molecule has 0 spiro atoms.